The van der Waals surface area contributed by atoms with Gasteiger partial charge >= 0.3 is 0 Å². The molecule has 0 bridgehead atoms. The fourth-order valence-electron chi connectivity index (χ4n) is 0.0786. The monoisotopic (exact) mass is 57.0 g/mol. The Hall–Kier alpha value is -0.170. The van der Waals surface area contributed by atoms with Crippen LogP contribution in [0.2, 0.25) is 0 Å². The summed E-state index contributed by atoms with van der Waals surface area (Å²) in [5.41, 5.74) is 0. The van der Waals surface area contributed by atoms with Gasteiger partial charge in [0.25, 0.3) is 12.7 Å². The molecule has 0 radical (unpaired) electrons. The van der Waals surface area contributed by atoms with E-state index in [2.05, 4.69) is 4.74 Å². The molecule has 1 saturated heterocycles. The Morgan fingerprint density at radius 1 is 2.00 bits per heavy atom. The van der Waals surface area contributed by atoms with Crippen molar-refractivity contribution >= 4 is 0 Å². The van der Waals surface area contributed by atoms with E-state index in [1.54, 1.807) is 6.61 Å². The highest BCUT2D eigenvalue weighted by molar-refractivity contribution is 4.76. The highest BCUT2D eigenvalue weighted by Crippen LogP contribution is 2.11. The lowest BCUT2D eigenvalue weighted by Gasteiger charge is -1.34. The van der Waals surface area contributed by atoms with E-state index in [-0.39, 0.29) is 0 Å². The maximum Gasteiger partial charge on any atom is 0.272 e. The molecular weight excluding hydrogens is 52.0 g/mol. The zero-order valence-electron chi connectivity index (χ0n) is 2.56. The second kappa shape index (κ2) is 0.406. The van der Waals surface area contributed by atoms with Gasteiger partial charge in [0.1, 0.15) is 0 Å². The summed E-state index contributed by atoms with van der Waals surface area (Å²) in [6.45, 7) is 3.79. The summed E-state index contributed by atoms with van der Waals surface area (Å²) in [4.78, 5) is 0. The van der Waals surface area contributed by atoms with Gasteiger partial charge < -0.3 is 0 Å². The van der Waals surface area contributed by atoms with Crippen molar-refractivity contribution in [2.45, 2.75) is 13.0 Å². The van der Waals surface area contributed by atoms with Crippen LogP contribution in [0.5, 0.6) is 0 Å². The Kier molecular flexibility index (Phi) is 0.212. The van der Waals surface area contributed by atoms with Crippen molar-refractivity contribution in [3.05, 3.63) is 6.61 Å². The van der Waals surface area contributed by atoms with Crippen LogP contribution < -0.4 is 0 Å². The van der Waals surface area contributed by atoms with Gasteiger partial charge in [-0.15, -0.1) is 4.74 Å². The van der Waals surface area contributed by atoms with Crippen LogP contribution >= 0.6 is 0 Å². The van der Waals surface area contributed by atoms with Crippen molar-refractivity contribution in [3.8, 4) is 0 Å². The Morgan fingerprint density at radius 3 is 2.25 bits per heavy atom. The first-order valence-corrected chi connectivity index (χ1v) is 1.38. The lowest BCUT2D eigenvalue weighted by molar-refractivity contribution is 0.442. The molecule has 1 heteroatoms. The summed E-state index contributed by atoms with van der Waals surface area (Å²) < 4.78 is 4.58. The molecule has 1 fully saturated rings. The summed E-state index contributed by atoms with van der Waals surface area (Å²) >= 11 is 0. The van der Waals surface area contributed by atoms with Gasteiger partial charge in [-0.05, 0) is 0 Å². The van der Waals surface area contributed by atoms with E-state index >= 15 is 0 Å². The molecule has 1 rings (SSSR count). The molecule has 0 amide bonds. The van der Waals surface area contributed by atoms with Gasteiger partial charge in [0.2, 0.25) is 0 Å². The average molecular weight is 57.1 g/mol. The first-order valence-electron chi connectivity index (χ1n) is 1.38. The van der Waals surface area contributed by atoms with Crippen LogP contribution in [-0.2, 0) is 4.74 Å². The first kappa shape index (κ1) is 2.09. The van der Waals surface area contributed by atoms with E-state index in [0.717, 1.165) is 0 Å². The van der Waals surface area contributed by atoms with Crippen LogP contribution in [0.4, 0.5) is 0 Å². The lowest BCUT2D eigenvalue weighted by Crippen LogP contribution is -1.57. The molecule has 22 valence electrons. The second-order valence-corrected chi connectivity index (χ2v) is 0.977. The molecule has 4 heavy (non-hydrogen) atoms. The molecule has 0 aliphatic carbocycles. The van der Waals surface area contributed by atoms with Crippen molar-refractivity contribution in [1.29, 1.82) is 0 Å². The Morgan fingerprint density at radius 2 is 2.25 bits per heavy atom. The van der Waals surface area contributed by atoms with E-state index in [9.17, 15) is 0 Å². The van der Waals surface area contributed by atoms with Gasteiger partial charge in [0, 0.05) is 6.92 Å². The maximum atomic E-state index is 4.58. The second-order valence-electron chi connectivity index (χ2n) is 0.977. The Bertz CT molecular complexity index is 22.5. The smallest absolute Gasteiger partial charge is 0.139 e. The molecule has 0 aromatic heterocycles. The Labute approximate surface area is 25.6 Å². The topological polar surface area (TPSA) is 12.5 Å². The minimum absolute atomic E-state index is 0.458. The zero-order valence-corrected chi connectivity index (χ0v) is 2.56. The van der Waals surface area contributed by atoms with Crippen LogP contribution in [0.15, 0.2) is 0 Å². The largest absolute Gasteiger partial charge is 0.272 e. The zero-order chi connectivity index (χ0) is 2.99. The molecule has 1 atom stereocenters. The predicted octanol–water partition coefficient (Wildman–Crippen LogP) is 0.567. The van der Waals surface area contributed by atoms with Crippen molar-refractivity contribution in [1.82, 2.24) is 0 Å². The van der Waals surface area contributed by atoms with Crippen LogP contribution in [0.25, 0.3) is 0 Å². The minimum atomic E-state index is 0.458. The summed E-state index contributed by atoms with van der Waals surface area (Å²) in [6.07, 6.45) is 0.458. The number of hydrogen-bond acceptors (Lipinski definition) is 1. The van der Waals surface area contributed by atoms with Crippen molar-refractivity contribution in [2.75, 3.05) is 0 Å². The van der Waals surface area contributed by atoms with E-state index in [4.69, 9.17) is 0 Å². The number of hydrogen-bond donors (Lipinski definition) is 0. The van der Waals surface area contributed by atoms with E-state index in [0.29, 0.717) is 6.10 Å². The van der Waals surface area contributed by atoms with E-state index in [1.807, 2.05) is 6.92 Å². The van der Waals surface area contributed by atoms with Gasteiger partial charge in [-0.2, -0.15) is 0 Å². The average Bonchev–Trinajstić information content (AvgIpc) is 1.75. The molecule has 0 aromatic rings. The number of epoxide rings is 1. The molecule has 0 spiro atoms. The molecular formula is C3H5O+. The predicted molar refractivity (Wildman–Crippen MR) is 14.8 cm³/mol. The van der Waals surface area contributed by atoms with Crippen LogP contribution in [0, 0.1) is 6.61 Å². The van der Waals surface area contributed by atoms with Gasteiger partial charge in [-0.1, -0.05) is 0 Å². The lowest BCUT2D eigenvalue weighted by atomic mass is 10.6. The van der Waals surface area contributed by atoms with Crippen LogP contribution in [0.1, 0.15) is 6.92 Å². The van der Waals surface area contributed by atoms with Gasteiger partial charge in [-0.3, -0.25) is 0 Å². The van der Waals surface area contributed by atoms with Crippen LogP contribution in [0.3, 0.4) is 0 Å². The van der Waals surface area contributed by atoms with E-state index in [1.165, 1.54) is 0 Å². The first-order chi connectivity index (χ1) is 1.89. The highest BCUT2D eigenvalue weighted by Gasteiger charge is 2.32. The summed E-state index contributed by atoms with van der Waals surface area (Å²) in [7, 11) is 0. The highest BCUT2D eigenvalue weighted by atomic mass is 16.6. The number of rotatable bonds is 0. The molecule has 1 heterocycles. The van der Waals surface area contributed by atoms with Crippen molar-refractivity contribution < 1.29 is 4.74 Å². The quantitative estimate of drug-likeness (QED) is 0.292. The molecule has 0 saturated carbocycles. The SMILES string of the molecule is CC1[CH+]O1. The summed E-state index contributed by atoms with van der Waals surface area (Å²) in [6, 6.07) is 0. The normalized spacial score (nSPS) is 37.8. The molecule has 0 N–H and O–H groups in total. The van der Waals surface area contributed by atoms with Crippen molar-refractivity contribution in [2.24, 2.45) is 0 Å². The molecule has 0 aromatic carbocycles. The molecule has 1 aliphatic rings. The fourth-order valence-corrected chi connectivity index (χ4v) is 0.0786. The minimum Gasteiger partial charge on any atom is -0.139 e. The van der Waals surface area contributed by atoms with Gasteiger partial charge in [0.15, 0.2) is 0 Å². The fraction of sp³-hybridized carbons (Fsp3) is 0.667. The Balaban J connectivity index is 2.17. The van der Waals surface area contributed by atoms with E-state index < -0.39 is 0 Å². The van der Waals surface area contributed by atoms with Crippen LogP contribution in [-0.4, -0.2) is 6.10 Å². The molecule has 1 unspecified atom stereocenters. The summed E-state index contributed by atoms with van der Waals surface area (Å²) in [5.74, 6) is 0. The third kappa shape index (κ3) is 0.157. The standard InChI is InChI=1S/C3H5O/c1-3-2-4-3/h2-3H,1H3/q+1. The number of ether oxygens (including phenoxy) is 1. The summed E-state index contributed by atoms with van der Waals surface area (Å²) in [5, 5.41) is 0. The third-order valence-electron chi connectivity index (χ3n) is 0.408. The molecule has 1 nitrogen and oxygen atoms in total. The third-order valence-corrected chi connectivity index (χ3v) is 0.408. The van der Waals surface area contributed by atoms with Gasteiger partial charge in [-0.25, -0.2) is 0 Å². The molecule has 1 aliphatic heterocycles. The maximum absolute atomic E-state index is 4.58. The van der Waals surface area contributed by atoms with Gasteiger partial charge in [0.05, 0.1) is 0 Å². The van der Waals surface area contributed by atoms with Crippen molar-refractivity contribution in [3.63, 3.8) is 0 Å².